The molecule has 29 heavy (non-hydrogen) atoms. The molecule has 0 radical (unpaired) electrons. The van der Waals surface area contributed by atoms with Gasteiger partial charge in [0.15, 0.2) is 0 Å². The van der Waals surface area contributed by atoms with Crippen molar-refractivity contribution < 1.29 is 30.0 Å². The minimum absolute atomic E-state index is 0.146. The van der Waals surface area contributed by atoms with Gasteiger partial charge in [-0.3, -0.25) is 13.2 Å². The molecule has 1 amide bonds. The highest BCUT2D eigenvalue weighted by molar-refractivity contribution is 8.29. The zero-order valence-corrected chi connectivity index (χ0v) is 20.3. The van der Waals surface area contributed by atoms with Gasteiger partial charge in [-0.05, 0) is 35.9 Å². The van der Waals surface area contributed by atoms with Crippen molar-refractivity contribution in [2.24, 2.45) is 0 Å². The lowest BCUT2D eigenvalue weighted by atomic mass is 10.1. The number of benzene rings is 1. The molecule has 0 bridgehead atoms. The van der Waals surface area contributed by atoms with E-state index >= 15 is 0 Å². The predicted molar refractivity (Wildman–Crippen MR) is 118 cm³/mol. The topological polar surface area (TPSA) is 116 Å². The second kappa shape index (κ2) is 10.4. The number of carbonyl (C=O) groups excluding carboxylic acids is 1. The molecule has 0 heterocycles. The van der Waals surface area contributed by atoms with Crippen LogP contribution in [0, 0.1) is 0 Å². The number of nitrogens with one attached hydrogen (secondary N) is 1. The first-order valence-corrected chi connectivity index (χ1v) is 14.7. The summed E-state index contributed by atoms with van der Waals surface area (Å²) in [5.74, 6) is -0.227. The van der Waals surface area contributed by atoms with Crippen LogP contribution in [0.25, 0.3) is 0 Å². The number of carbonyl (C=O) groups is 1. The summed E-state index contributed by atoms with van der Waals surface area (Å²) in [5, 5.41) is 2.75. The smallest absolute Gasteiger partial charge is 0.264 e. The minimum atomic E-state index is -3.66. The number of hydrogen-bond donors (Lipinski definition) is 1. The van der Waals surface area contributed by atoms with E-state index in [4.69, 9.17) is 19.6 Å². The van der Waals surface area contributed by atoms with Crippen molar-refractivity contribution in [3.05, 3.63) is 29.3 Å². The van der Waals surface area contributed by atoms with Crippen molar-refractivity contribution in [1.29, 1.82) is 0 Å². The lowest BCUT2D eigenvalue weighted by molar-refractivity contribution is -0.116. The summed E-state index contributed by atoms with van der Waals surface area (Å²) in [6, 6.07) is 4.68. The van der Waals surface area contributed by atoms with Crippen LogP contribution in [0.2, 0.25) is 0 Å². The second-order valence-corrected chi connectivity index (χ2v) is 14.0. The first-order valence-electron chi connectivity index (χ1n) is 8.52. The number of hydrogen-bond acceptors (Lipinski definition) is 8. The van der Waals surface area contributed by atoms with E-state index in [2.05, 4.69) is 5.32 Å². The van der Waals surface area contributed by atoms with Crippen molar-refractivity contribution in [2.45, 2.75) is 44.6 Å². The van der Waals surface area contributed by atoms with Gasteiger partial charge in [0.1, 0.15) is 0 Å². The summed E-state index contributed by atoms with van der Waals surface area (Å²) in [4.78, 5) is 12.3. The molecule has 1 rings (SSSR count). The third-order valence-corrected chi connectivity index (χ3v) is 8.15. The molecule has 8 nitrogen and oxygen atoms in total. The third kappa shape index (κ3) is 11.2. The molecular weight excluding hydrogens is 458 g/mol. The summed E-state index contributed by atoms with van der Waals surface area (Å²) in [6.07, 6.45) is 4.68. The van der Waals surface area contributed by atoms with E-state index < -0.39 is 20.2 Å². The van der Waals surface area contributed by atoms with Gasteiger partial charge in [0, 0.05) is 16.9 Å². The fourth-order valence-electron chi connectivity index (χ4n) is 2.13. The lowest BCUT2D eigenvalue weighted by Crippen LogP contribution is -2.27. The largest absolute Gasteiger partial charge is 0.326 e. The van der Waals surface area contributed by atoms with Crippen molar-refractivity contribution in [1.82, 2.24) is 0 Å². The number of amides is 1. The van der Waals surface area contributed by atoms with E-state index in [9.17, 15) is 21.6 Å². The molecule has 0 fully saturated rings. The van der Waals surface area contributed by atoms with Crippen LogP contribution >= 0.6 is 0 Å². The van der Waals surface area contributed by atoms with Gasteiger partial charge >= 0.3 is 0 Å². The molecule has 0 saturated heterocycles. The fraction of sp³-hybridized carbons (Fsp3) is 0.588. The summed E-state index contributed by atoms with van der Waals surface area (Å²) >= 11 is 5.32. The van der Waals surface area contributed by atoms with E-state index in [1.165, 1.54) is 0 Å². The van der Waals surface area contributed by atoms with Crippen LogP contribution in [0.1, 0.15) is 37.8 Å². The maximum absolute atomic E-state index is 12.3. The highest BCUT2D eigenvalue weighted by Crippen LogP contribution is 2.21. The van der Waals surface area contributed by atoms with Gasteiger partial charge in [0.05, 0.1) is 25.7 Å². The van der Waals surface area contributed by atoms with Crippen LogP contribution < -0.4 is 5.32 Å². The van der Waals surface area contributed by atoms with Gasteiger partial charge < -0.3 is 5.32 Å². The zero-order valence-electron chi connectivity index (χ0n) is 17.1. The molecule has 0 aliphatic carbocycles. The lowest BCUT2D eigenvalue weighted by Gasteiger charge is -2.24. The van der Waals surface area contributed by atoms with Gasteiger partial charge in [0.2, 0.25) is 5.91 Å². The van der Waals surface area contributed by atoms with E-state index in [0.29, 0.717) is 23.2 Å². The Kier molecular flexibility index (Phi) is 9.37. The second-order valence-electron chi connectivity index (χ2n) is 7.23. The average molecular weight is 486 g/mol. The maximum Gasteiger partial charge on any atom is 0.264 e. The summed E-state index contributed by atoms with van der Waals surface area (Å²) in [7, 11) is -7.59. The molecule has 1 N–H and O–H groups in total. The average Bonchev–Trinajstić information content (AvgIpc) is 2.55. The van der Waals surface area contributed by atoms with Gasteiger partial charge in [-0.2, -0.15) is 16.8 Å². The van der Waals surface area contributed by atoms with Crippen LogP contribution in [0.3, 0.4) is 0 Å². The fourth-order valence-corrected chi connectivity index (χ4v) is 3.47. The van der Waals surface area contributed by atoms with Gasteiger partial charge in [-0.25, -0.2) is 0 Å². The minimum Gasteiger partial charge on any atom is -0.326 e. The molecule has 1 atom stereocenters. The molecule has 1 aromatic carbocycles. The van der Waals surface area contributed by atoms with Crippen LogP contribution in [0.4, 0.5) is 5.69 Å². The summed E-state index contributed by atoms with van der Waals surface area (Å²) < 4.78 is 54.4. The molecular formula is C17H27NO7S4. The highest BCUT2D eigenvalue weighted by atomic mass is 32.8. The maximum atomic E-state index is 12.3. The molecule has 0 aliphatic heterocycles. The Morgan fingerprint density at radius 1 is 1.03 bits per heavy atom. The predicted octanol–water partition coefficient (Wildman–Crippen LogP) is 1.85. The van der Waals surface area contributed by atoms with Crippen LogP contribution in [0.15, 0.2) is 18.2 Å². The van der Waals surface area contributed by atoms with E-state index in [-0.39, 0.29) is 39.7 Å². The Labute approximate surface area is 180 Å². The summed E-state index contributed by atoms with van der Waals surface area (Å²) in [5.41, 5.74) is 1.28. The Morgan fingerprint density at radius 3 is 1.86 bits per heavy atom. The molecule has 0 aliphatic rings. The van der Waals surface area contributed by atoms with E-state index in [1.807, 2.05) is 20.1 Å². The Hall–Kier alpha value is -0.920. The Bertz CT molecular complexity index is 915. The Morgan fingerprint density at radius 2 is 1.48 bits per heavy atom. The SMILES string of the molecule is CS(=S)C(C)(C)CCC(=O)Nc1cc(COS(C)(=O)=O)cc(COS(C)(=O)=O)c1. The van der Waals surface area contributed by atoms with E-state index in [0.717, 1.165) is 12.5 Å². The van der Waals surface area contributed by atoms with Crippen molar-refractivity contribution in [3.63, 3.8) is 0 Å². The monoisotopic (exact) mass is 485 g/mol. The highest BCUT2D eigenvalue weighted by Gasteiger charge is 2.21. The number of anilines is 1. The van der Waals surface area contributed by atoms with Crippen molar-refractivity contribution in [3.8, 4) is 0 Å². The standard InChI is InChI=1S/C17H27NO7S4/c1-17(2,27(3)26)7-6-16(19)18-15-9-13(11-24-28(4,20)21)8-14(10-15)12-25-29(5,22)23/h8-10H,6-7,11-12H2,1-5H3,(H,18,19). The molecule has 1 unspecified atom stereocenters. The first-order chi connectivity index (χ1) is 13.1. The third-order valence-electron chi connectivity index (χ3n) is 3.95. The van der Waals surface area contributed by atoms with Gasteiger partial charge in [0.25, 0.3) is 20.2 Å². The van der Waals surface area contributed by atoms with Crippen molar-refractivity contribution in [2.75, 3.05) is 24.1 Å². The zero-order chi connectivity index (χ0) is 22.5. The quantitative estimate of drug-likeness (QED) is 0.472. The molecule has 1 aromatic rings. The Balaban J connectivity index is 2.97. The van der Waals surface area contributed by atoms with Crippen LogP contribution in [-0.2, 0) is 67.3 Å². The van der Waals surface area contributed by atoms with E-state index in [1.54, 1.807) is 18.2 Å². The molecule has 12 heteroatoms. The van der Waals surface area contributed by atoms with Crippen molar-refractivity contribution >= 4 is 52.5 Å². The molecule has 0 spiro atoms. The summed E-state index contributed by atoms with van der Waals surface area (Å²) in [6.45, 7) is 3.52. The van der Waals surface area contributed by atoms with Crippen LogP contribution in [-0.4, -0.2) is 46.3 Å². The normalized spacial score (nSPS) is 13.8. The first kappa shape index (κ1) is 26.1. The molecule has 166 valence electrons. The van der Waals surface area contributed by atoms with Gasteiger partial charge in [-0.1, -0.05) is 31.1 Å². The molecule has 0 saturated carbocycles. The van der Waals surface area contributed by atoms with Crippen LogP contribution in [0.5, 0.6) is 0 Å². The number of rotatable bonds is 11. The molecule has 0 aromatic heterocycles. The van der Waals surface area contributed by atoms with Gasteiger partial charge in [-0.15, -0.1) is 9.45 Å².